The summed E-state index contributed by atoms with van der Waals surface area (Å²) in [5.41, 5.74) is 0. The summed E-state index contributed by atoms with van der Waals surface area (Å²) in [6.45, 7) is 2.29. The van der Waals surface area contributed by atoms with Gasteiger partial charge in [-0.25, -0.2) is 0 Å². The van der Waals surface area contributed by atoms with Crippen LogP contribution in [-0.2, 0) is 0 Å². The molecule has 0 radical (unpaired) electrons. The molecule has 0 N–H and O–H groups in total. The normalized spacial score (nSPS) is 24.4. The quantitative estimate of drug-likeness (QED) is 0.256. The van der Waals surface area contributed by atoms with Crippen molar-refractivity contribution in [3.05, 3.63) is 0 Å². The Morgan fingerprint density at radius 2 is 1.31 bits per heavy atom. The van der Waals surface area contributed by atoms with Crippen LogP contribution in [-0.4, -0.2) is 3.92 Å². The maximum atomic E-state index is 2.60. The monoisotopic (exact) mass is 336 g/mol. The topological polar surface area (TPSA) is 0 Å². The Morgan fingerprint density at radius 1 is 0.812 bits per heavy atom. The highest BCUT2D eigenvalue weighted by atomic mass is 127. The summed E-state index contributed by atoms with van der Waals surface area (Å²) in [6.07, 6.45) is 17.8. The van der Waals surface area contributed by atoms with Crippen LogP contribution in [0.2, 0.25) is 0 Å². The summed E-state index contributed by atoms with van der Waals surface area (Å²) in [5.74, 6) is 1.10. The number of hydrogen-bond acceptors (Lipinski definition) is 0. The molecule has 16 heavy (non-hydrogen) atoms. The second-order valence-corrected chi connectivity index (χ2v) is 7.31. The van der Waals surface area contributed by atoms with E-state index in [1.54, 1.807) is 0 Å². The van der Waals surface area contributed by atoms with E-state index in [2.05, 4.69) is 29.5 Å². The van der Waals surface area contributed by atoms with E-state index in [0.717, 1.165) is 9.84 Å². The zero-order chi connectivity index (χ0) is 11.6. The van der Waals surface area contributed by atoms with Crippen LogP contribution in [0.3, 0.4) is 0 Å². The van der Waals surface area contributed by atoms with E-state index in [0.29, 0.717) is 0 Å². The number of hydrogen-bond donors (Lipinski definition) is 0. The molecule has 0 bridgehead atoms. The summed E-state index contributed by atoms with van der Waals surface area (Å²) in [6, 6.07) is 0. The van der Waals surface area contributed by atoms with Crippen LogP contribution in [0.25, 0.3) is 0 Å². The summed E-state index contributed by atoms with van der Waals surface area (Å²) in [7, 11) is 0. The van der Waals surface area contributed by atoms with Crippen molar-refractivity contribution in [1.82, 2.24) is 0 Å². The first kappa shape index (κ1) is 14.8. The molecule has 0 aromatic heterocycles. The molecule has 0 amide bonds. The predicted molar refractivity (Wildman–Crippen MR) is 82.4 cm³/mol. The second kappa shape index (κ2) is 9.73. The molecule has 0 unspecified atom stereocenters. The molecular formula is C15H29I. The minimum atomic E-state index is 1.01. The molecule has 1 aliphatic rings. The van der Waals surface area contributed by atoms with Gasteiger partial charge < -0.3 is 0 Å². The Labute approximate surface area is 116 Å². The summed E-state index contributed by atoms with van der Waals surface area (Å²) < 4.78 is 1.01. The molecule has 1 saturated carbocycles. The van der Waals surface area contributed by atoms with Gasteiger partial charge in [-0.05, 0) is 18.8 Å². The highest BCUT2D eigenvalue weighted by Gasteiger charge is 2.25. The minimum Gasteiger partial charge on any atom is -0.0826 e. The maximum absolute atomic E-state index is 2.60. The number of alkyl halides is 1. The van der Waals surface area contributed by atoms with Gasteiger partial charge in [-0.2, -0.15) is 0 Å². The summed E-state index contributed by atoms with van der Waals surface area (Å²) in [4.78, 5) is 0. The second-order valence-electron chi connectivity index (χ2n) is 5.55. The van der Waals surface area contributed by atoms with Crippen molar-refractivity contribution in [3.8, 4) is 0 Å². The summed E-state index contributed by atoms with van der Waals surface area (Å²) >= 11 is 2.60. The van der Waals surface area contributed by atoms with Gasteiger partial charge in [-0.15, -0.1) is 0 Å². The lowest BCUT2D eigenvalue weighted by Crippen LogP contribution is -2.22. The van der Waals surface area contributed by atoms with E-state index < -0.39 is 0 Å². The number of rotatable bonds is 10. The zero-order valence-electron chi connectivity index (χ0n) is 11.0. The van der Waals surface area contributed by atoms with E-state index in [1.165, 1.54) is 77.0 Å². The molecule has 0 saturated heterocycles. The van der Waals surface area contributed by atoms with Crippen molar-refractivity contribution in [3.63, 3.8) is 0 Å². The predicted octanol–water partition coefficient (Wildman–Crippen LogP) is 6.12. The van der Waals surface area contributed by atoms with Gasteiger partial charge in [-0.1, -0.05) is 93.7 Å². The average molecular weight is 336 g/mol. The van der Waals surface area contributed by atoms with Gasteiger partial charge in [0, 0.05) is 3.92 Å². The third-order valence-electron chi connectivity index (χ3n) is 3.89. The molecule has 0 aliphatic heterocycles. The van der Waals surface area contributed by atoms with Crippen molar-refractivity contribution in [2.75, 3.05) is 0 Å². The molecule has 96 valence electrons. The van der Waals surface area contributed by atoms with Crippen LogP contribution in [0.15, 0.2) is 0 Å². The smallest absolute Gasteiger partial charge is 0.0115 e. The Hall–Kier alpha value is 0.730. The van der Waals surface area contributed by atoms with Crippen LogP contribution < -0.4 is 0 Å². The fraction of sp³-hybridized carbons (Fsp3) is 1.00. The van der Waals surface area contributed by atoms with Gasteiger partial charge in [0.25, 0.3) is 0 Å². The largest absolute Gasteiger partial charge is 0.0826 e. The average Bonchev–Trinajstić information content (AvgIpc) is 2.24. The van der Waals surface area contributed by atoms with Crippen LogP contribution in [0.4, 0.5) is 0 Å². The Morgan fingerprint density at radius 3 is 1.81 bits per heavy atom. The molecular weight excluding hydrogens is 307 g/mol. The SMILES string of the molecule is CCCCCCCCCCCC1CC(I)C1. The molecule has 0 heterocycles. The molecule has 1 fully saturated rings. The van der Waals surface area contributed by atoms with Crippen LogP contribution in [0, 0.1) is 5.92 Å². The lowest BCUT2D eigenvalue weighted by molar-refractivity contribution is 0.307. The van der Waals surface area contributed by atoms with E-state index in [4.69, 9.17) is 0 Å². The molecule has 0 nitrogen and oxygen atoms in total. The minimum absolute atomic E-state index is 1.01. The van der Waals surface area contributed by atoms with Crippen molar-refractivity contribution in [1.29, 1.82) is 0 Å². The van der Waals surface area contributed by atoms with Gasteiger partial charge >= 0.3 is 0 Å². The molecule has 1 heteroatoms. The van der Waals surface area contributed by atoms with Crippen molar-refractivity contribution in [2.24, 2.45) is 5.92 Å². The van der Waals surface area contributed by atoms with Gasteiger partial charge in [0.15, 0.2) is 0 Å². The van der Waals surface area contributed by atoms with Crippen molar-refractivity contribution in [2.45, 2.75) is 87.9 Å². The first-order valence-electron chi connectivity index (χ1n) is 7.47. The molecule has 0 spiro atoms. The van der Waals surface area contributed by atoms with E-state index in [1.807, 2.05) is 0 Å². The van der Waals surface area contributed by atoms with E-state index >= 15 is 0 Å². The van der Waals surface area contributed by atoms with E-state index in [-0.39, 0.29) is 0 Å². The maximum Gasteiger partial charge on any atom is 0.0115 e. The van der Waals surface area contributed by atoms with Crippen LogP contribution in [0.1, 0.15) is 84.0 Å². The van der Waals surface area contributed by atoms with Gasteiger partial charge in [0.1, 0.15) is 0 Å². The van der Waals surface area contributed by atoms with Crippen LogP contribution >= 0.6 is 22.6 Å². The van der Waals surface area contributed by atoms with E-state index in [9.17, 15) is 0 Å². The lowest BCUT2D eigenvalue weighted by Gasteiger charge is -2.31. The third kappa shape index (κ3) is 7.13. The molecule has 1 rings (SSSR count). The van der Waals surface area contributed by atoms with Gasteiger partial charge in [0.05, 0.1) is 0 Å². The first-order chi connectivity index (χ1) is 7.83. The number of halogens is 1. The molecule has 0 atom stereocenters. The standard InChI is InChI=1S/C15H29I/c1-2-3-4-5-6-7-8-9-10-11-14-12-15(16)13-14/h14-15H,2-13H2,1H3. The van der Waals surface area contributed by atoms with Gasteiger partial charge in [0.2, 0.25) is 0 Å². The Balaban J connectivity index is 1.68. The highest BCUT2D eigenvalue weighted by Crippen LogP contribution is 2.37. The first-order valence-corrected chi connectivity index (χ1v) is 8.71. The summed E-state index contributed by atoms with van der Waals surface area (Å²) in [5, 5.41) is 0. The van der Waals surface area contributed by atoms with Crippen molar-refractivity contribution < 1.29 is 0 Å². The fourth-order valence-corrected chi connectivity index (χ4v) is 4.07. The lowest BCUT2D eigenvalue weighted by atomic mass is 9.81. The Bertz CT molecular complexity index is 150. The third-order valence-corrected chi connectivity index (χ3v) is 4.91. The Kier molecular flexibility index (Phi) is 8.99. The van der Waals surface area contributed by atoms with Crippen LogP contribution in [0.5, 0.6) is 0 Å². The van der Waals surface area contributed by atoms with Gasteiger partial charge in [-0.3, -0.25) is 0 Å². The highest BCUT2D eigenvalue weighted by molar-refractivity contribution is 14.1. The number of unbranched alkanes of at least 4 members (excludes halogenated alkanes) is 8. The fourth-order valence-electron chi connectivity index (χ4n) is 2.63. The molecule has 0 aromatic rings. The molecule has 0 aromatic carbocycles. The van der Waals surface area contributed by atoms with Crippen molar-refractivity contribution >= 4 is 22.6 Å². The zero-order valence-corrected chi connectivity index (χ0v) is 13.2. The molecule has 1 aliphatic carbocycles.